The molecule has 0 fully saturated rings. The lowest BCUT2D eigenvalue weighted by Crippen LogP contribution is -2.15. The molecule has 3 aromatic rings. The van der Waals surface area contributed by atoms with E-state index in [2.05, 4.69) is 0 Å². The van der Waals surface area contributed by atoms with Gasteiger partial charge in [0.05, 0.1) is 7.11 Å². The van der Waals surface area contributed by atoms with Gasteiger partial charge in [-0.05, 0) is 37.3 Å². The Labute approximate surface area is 149 Å². The smallest absolute Gasteiger partial charge is 0.344 e. The van der Waals surface area contributed by atoms with Crippen LogP contribution in [0, 0.1) is 6.92 Å². The maximum Gasteiger partial charge on any atom is 0.344 e. The van der Waals surface area contributed by atoms with Crippen molar-refractivity contribution in [3.05, 3.63) is 70.1 Å². The first-order valence-corrected chi connectivity index (χ1v) is 8.01. The van der Waals surface area contributed by atoms with Gasteiger partial charge in [0.2, 0.25) is 0 Å². The van der Waals surface area contributed by atoms with Crippen LogP contribution in [0.3, 0.4) is 0 Å². The quantitative estimate of drug-likeness (QED) is 0.500. The first kappa shape index (κ1) is 17.5. The lowest BCUT2D eigenvalue weighted by atomic mass is 10.1. The van der Waals surface area contributed by atoms with E-state index < -0.39 is 11.6 Å². The van der Waals surface area contributed by atoms with E-state index in [1.165, 1.54) is 6.07 Å². The number of fused-ring (bicyclic) bond motifs is 1. The zero-order valence-electron chi connectivity index (χ0n) is 14.5. The molecule has 0 saturated heterocycles. The maximum absolute atomic E-state index is 11.9. The van der Waals surface area contributed by atoms with Gasteiger partial charge in [0.15, 0.2) is 6.61 Å². The van der Waals surface area contributed by atoms with E-state index in [9.17, 15) is 9.59 Å². The molecule has 0 spiro atoms. The summed E-state index contributed by atoms with van der Waals surface area (Å²) in [5, 5.41) is 0.770. The number of esters is 1. The minimum Gasteiger partial charge on any atom is -0.496 e. The number of methoxy groups -OCH3 is 1. The highest BCUT2D eigenvalue weighted by molar-refractivity contribution is 5.78. The lowest BCUT2D eigenvalue weighted by molar-refractivity contribution is -0.147. The highest BCUT2D eigenvalue weighted by Crippen LogP contribution is 2.21. The molecule has 26 heavy (non-hydrogen) atoms. The van der Waals surface area contributed by atoms with Crippen molar-refractivity contribution < 1.29 is 23.4 Å². The van der Waals surface area contributed by atoms with Gasteiger partial charge in [0.1, 0.15) is 23.7 Å². The van der Waals surface area contributed by atoms with Crippen LogP contribution >= 0.6 is 0 Å². The van der Waals surface area contributed by atoms with Crippen LogP contribution in [0.4, 0.5) is 0 Å². The molecule has 0 aliphatic carbocycles. The van der Waals surface area contributed by atoms with E-state index in [-0.39, 0.29) is 13.2 Å². The third-order valence-corrected chi connectivity index (χ3v) is 3.78. The van der Waals surface area contributed by atoms with Crippen LogP contribution in [0.1, 0.15) is 11.1 Å². The molecular formula is C20H18O6. The largest absolute Gasteiger partial charge is 0.496 e. The topological polar surface area (TPSA) is 75.0 Å². The third kappa shape index (κ3) is 4.22. The van der Waals surface area contributed by atoms with Gasteiger partial charge in [-0.25, -0.2) is 9.59 Å². The third-order valence-electron chi connectivity index (χ3n) is 3.78. The van der Waals surface area contributed by atoms with Crippen molar-refractivity contribution in [1.82, 2.24) is 0 Å². The fourth-order valence-corrected chi connectivity index (χ4v) is 2.49. The van der Waals surface area contributed by atoms with E-state index >= 15 is 0 Å². The second-order valence-electron chi connectivity index (χ2n) is 5.72. The molecule has 2 aromatic carbocycles. The SMILES string of the molecule is COc1ccc(C)cc1COC(=O)COc1ccc2ccc(=O)oc2c1. The predicted octanol–water partition coefficient (Wildman–Crippen LogP) is 3.23. The summed E-state index contributed by atoms with van der Waals surface area (Å²) in [5.41, 5.74) is 1.79. The van der Waals surface area contributed by atoms with Crippen LogP contribution in [0.5, 0.6) is 11.5 Å². The van der Waals surface area contributed by atoms with Crippen LogP contribution in [0.15, 0.2) is 57.7 Å². The summed E-state index contributed by atoms with van der Waals surface area (Å²) in [6, 6.07) is 13.7. The Bertz CT molecular complexity index is 989. The van der Waals surface area contributed by atoms with Crippen LogP contribution in [-0.4, -0.2) is 19.7 Å². The highest BCUT2D eigenvalue weighted by Gasteiger charge is 2.09. The van der Waals surface area contributed by atoms with Gasteiger partial charge in [-0.15, -0.1) is 0 Å². The zero-order chi connectivity index (χ0) is 18.5. The summed E-state index contributed by atoms with van der Waals surface area (Å²) in [6.07, 6.45) is 0. The number of rotatable bonds is 6. The summed E-state index contributed by atoms with van der Waals surface area (Å²) < 4.78 is 21.0. The number of aryl methyl sites for hydroxylation is 1. The molecule has 0 unspecified atom stereocenters. The van der Waals surface area contributed by atoms with Crippen molar-refractivity contribution in [3.63, 3.8) is 0 Å². The Balaban J connectivity index is 1.59. The minimum absolute atomic E-state index is 0.0969. The Hall–Kier alpha value is -3.28. The van der Waals surface area contributed by atoms with Gasteiger partial charge in [-0.2, -0.15) is 0 Å². The molecule has 1 aromatic heterocycles. The van der Waals surface area contributed by atoms with E-state index in [4.69, 9.17) is 18.6 Å². The lowest BCUT2D eigenvalue weighted by Gasteiger charge is -2.11. The van der Waals surface area contributed by atoms with Crippen molar-refractivity contribution >= 4 is 16.9 Å². The van der Waals surface area contributed by atoms with E-state index in [0.717, 1.165) is 16.5 Å². The molecule has 0 amide bonds. The molecule has 0 bridgehead atoms. The van der Waals surface area contributed by atoms with Crippen LogP contribution < -0.4 is 15.1 Å². The molecule has 6 nitrogen and oxygen atoms in total. The Morgan fingerprint density at radius 2 is 1.88 bits per heavy atom. The molecule has 0 aliphatic heterocycles. The average molecular weight is 354 g/mol. The molecule has 0 radical (unpaired) electrons. The van der Waals surface area contributed by atoms with Crippen molar-refractivity contribution in [2.24, 2.45) is 0 Å². The number of ether oxygens (including phenoxy) is 3. The van der Waals surface area contributed by atoms with Gasteiger partial charge in [0.25, 0.3) is 0 Å². The first-order chi connectivity index (χ1) is 12.5. The van der Waals surface area contributed by atoms with Crippen molar-refractivity contribution in [2.45, 2.75) is 13.5 Å². The second-order valence-corrected chi connectivity index (χ2v) is 5.72. The monoisotopic (exact) mass is 354 g/mol. The van der Waals surface area contributed by atoms with Crippen molar-refractivity contribution in [2.75, 3.05) is 13.7 Å². The van der Waals surface area contributed by atoms with E-state index in [1.54, 1.807) is 31.4 Å². The molecule has 0 aliphatic rings. The standard InChI is InChI=1S/C20H18O6/c1-13-3-7-17(23-2)15(9-13)11-25-20(22)12-24-16-6-4-14-5-8-19(21)26-18(14)10-16/h3-10H,11-12H2,1-2H3. The number of carbonyl (C=O) groups is 1. The Kier molecular flexibility index (Phi) is 5.22. The van der Waals surface area contributed by atoms with Crippen LogP contribution in [0.25, 0.3) is 11.0 Å². The fourth-order valence-electron chi connectivity index (χ4n) is 2.49. The molecule has 0 N–H and O–H groups in total. The molecule has 134 valence electrons. The normalized spacial score (nSPS) is 10.5. The molecule has 6 heteroatoms. The molecule has 0 saturated carbocycles. The highest BCUT2D eigenvalue weighted by atomic mass is 16.6. The summed E-state index contributed by atoms with van der Waals surface area (Å²) in [4.78, 5) is 23.2. The predicted molar refractivity (Wildman–Crippen MR) is 95.5 cm³/mol. The molecule has 0 atom stereocenters. The molecule has 1 heterocycles. The van der Waals surface area contributed by atoms with E-state index in [0.29, 0.717) is 17.1 Å². The van der Waals surface area contributed by atoms with Gasteiger partial charge >= 0.3 is 11.6 Å². The van der Waals surface area contributed by atoms with Crippen LogP contribution in [0.2, 0.25) is 0 Å². The number of hydrogen-bond donors (Lipinski definition) is 0. The van der Waals surface area contributed by atoms with Crippen LogP contribution in [-0.2, 0) is 16.1 Å². The van der Waals surface area contributed by atoms with Crippen molar-refractivity contribution in [3.8, 4) is 11.5 Å². The average Bonchev–Trinajstić information content (AvgIpc) is 2.64. The zero-order valence-corrected chi connectivity index (χ0v) is 14.5. The first-order valence-electron chi connectivity index (χ1n) is 8.01. The second kappa shape index (κ2) is 7.74. The van der Waals surface area contributed by atoms with Gasteiger partial charge in [0, 0.05) is 23.1 Å². The summed E-state index contributed by atoms with van der Waals surface area (Å²) in [6.45, 7) is 1.79. The van der Waals surface area contributed by atoms with E-state index in [1.807, 2.05) is 25.1 Å². The van der Waals surface area contributed by atoms with Gasteiger partial charge in [-0.3, -0.25) is 0 Å². The number of carbonyl (C=O) groups excluding carboxylic acids is 1. The summed E-state index contributed by atoms with van der Waals surface area (Å²) in [7, 11) is 1.57. The number of benzene rings is 2. The molecule has 3 rings (SSSR count). The molecular weight excluding hydrogens is 336 g/mol. The van der Waals surface area contributed by atoms with Crippen molar-refractivity contribution in [1.29, 1.82) is 0 Å². The summed E-state index contributed by atoms with van der Waals surface area (Å²) in [5.74, 6) is 0.564. The summed E-state index contributed by atoms with van der Waals surface area (Å²) >= 11 is 0. The van der Waals surface area contributed by atoms with Gasteiger partial charge in [-0.1, -0.05) is 11.6 Å². The number of hydrogen-bond acceptors (Lipinski definition) is 6. The fraction of sp³-hybridized carbons (Fsp3) is 0.200. The van der Waals surface area contributed by atoms with Gasteiger partial charge < -0.3 is 18.6 Å². The maximum atomic E-state index is 11.9. The minimum atomic E-state index is -0.511. The Morgan fingerprint density at radius 3 is 2.69 bits per heavy atom. The Morgan fingerprint density at radius 1 is 1.08 bits per heavy atom.